The normalized spacial score (nSPS) is 10.7. The largest absolute Gasteiger partial charge is 0.381 e. The van der Waals surface area contributed by atoms with Crippen LogP contribution in [0.5, 0.6) is 0 Å². The van der Waals surface area contributed by atoms with E-state index >= 15 is 0 Å². The lowest BCUT2D eigenvalue weighted by Gasteiger charge is -2.06. The molecule has 0 aromatic heterocycles. The van der Waals surface area contributed by atoms with E-state index < -0.39 is 0 Å². The molecule has 18 heavy (non-hydrogen) atoms. The Hall–Kier alpha value is 2.33. The third-order valence-corrected chi connectivity index (χ3v) is 3.71. The van der Waals surface area contributed by atoms with Gasteiger partial charge in [-0.2, -0.15) is 0 Å². The molecule has 0 aliphatic heterocycles. The Morgan fingerprint density at radius 2 is 1.22 bits per heavy atom. The molecule has 0 amide bonds. The SMILES string of the molecule is PB(I)NCCCCCOCCCCNB(P)I. The van der Waals surface area contributed by atoms with E-state index in [1.54, 1.807) is 0 Å². The summed E-state index contributed by atoms with van der Waals surface area (Å²) in [6, 6.07) is 0. The first kappa shape index (κ1) is 20.3. The van der Waals surface area contributed by atoms with Gasteiger partial charge in [-0.25, -0.2) is 0 Å². The fourth-order valence-electron chi connectivity index (χ4n) is 1.42. The minimum atomic E-state index is 0.487. The van der Waals surface area contributed by atoms with Crippen LogP contribution in [0, 0.1) is 0 Å². The molecular formula is C9H24B2I2N2OP2. The molecule has 0 aromatic rings. The molecule has 0 rings (SSSR count). The molecule has 0 heterocycles. The van der Waals surface area contributed by atoms with Gasteiger partial charge >= 0.3 is 8.85 Å². The Kier molecular flexibility index (Phi) is 17.7. The predicted molar refractivity (Wildman–Crippen MR) is 109 cm³/mol. The van der Waals surface area contributed by atoms with Crippen molar-refractivity contribution in [3.8, 4) is 0 Å². The average Bonchev–Trinajstić information content (AvgIpc) is 2.29. The fraction of sp³-hybridized carbons (Fsp3) is 1.00. The summed E-state index contributed by atoms with van der Waals surface area (Å²) in [5, 5.41) is 6.74. The Balaban J connectivity index is 2.95. The zero-order chi connectivity index (χ0) is 13.6. The van der Waals surface area contributed by atoms with Gasteiger partial charge < -0.3 is 15.2 Å². The van der Waals surface area contributed by atoms with Crippen molar-refractivity contribution in [3.63, 3.8) is 0 Å². The molecule has 2 N–H and O–H groups in total. The fourth-order valence-corrected chi connectivity index (χ4v) is 2.37. The van der Waals surface area contributed by atoms with Gasteiger partial charge in [0.2, 0.25) is 0 Å². The second kappa shape index (κ2) is 15.7. The molecule has 3 nitrogen and oxygen atoms in total. The molecule has 0 aliphatic carbocycles. The molecule has 0 aliphatic rings. The average molecular weight is 514 g/mol. The van der Waals surface area contributed by atoms with Crippen LogP contribution in [0.3, 0.4) is 0 Å². The number of ether oxygens (including phenoxy) is 1. The van der Waals surface area contributed by atoms with E-state index in [1.165, 1.54) is 25.7 Å². The molecule has 106 valence electrons. The van der Waals surface area contributed by atoms with Crippen molar-refractivity contribution >= 4 is 71.8 Å². The lowest BCUT2D eigenvalue weighted by molar-refractivity contribution is 0.126. The number of nitrogens with one attached hydrogen (secondary N) is 2. The molecule has 0 aromatic carbocycles. The summed E-state index contributed by atoms with van der Waals surface area (Å²) in [6.07, 6.45) is 6.04. The molecule has 2 atom stereocenters. The molecule has 0 fully saturated rings. The molecule has 0 spiro atoms. The van der Waals surface area contributed by atoms with Crippen molar-refractivity contribution in [1.82, 2.24) is 10.5 Å². The number of hydrogen-bond donors (Lipinski definition) is 2. The second-order valence-corrected chi connectivity index (χ2v) is 10.8. The van der Waals surface area contributed by atoms with Crippen LogP contribution in [-0.4, -0.2) is 35.2 Å². The number of halogens is 2. The molecule has 0 bridgehead atoms. The molecule has 0 saturated heterocycles. The van der Waals surface area contributed by atoms with Crippen LogP contribution in [-0.2, 0) is 4.74 Å². The highest BCUT2D eigenvalue weighted by atomic mass is 127. The molecule has 0 saturated carbocycles. The maximum atomic E-state index is 5.61. The quantitative estimate of drug-likeness (QED) is 0.172. The van der Waals surface area contributed by atoms with Gasteiger partial charge in [-0.05, 0) is 45.2 Å². The number of unbranched alkanes of at least 4 members (excludes halogenated alkanes) is 3. The minimum absolute atomic E-state index is 0.487. The maximum Gasteiger partial charge on any atom is 0.316 e. The third kappa shape index (κ3) is 18.3. The van der Waals surface area contributed by atoms with Gasteiger partial charge in [-0.1, -0.05) is 0 Å². The highest BCUT2D eigenvalue weighted by molar-refractivity contribution is 14.1. The van der Waals surface area contributed by atoms with Crippen molar-refractivity contribution < 1.29 is 4.74 Å². The van der Waals surface area contributed by atoms with E-state index in [-0.39, 0.29) is 0 Å². The van der Waals surface area contributed by atoms with Gasteiger partial charge in [0.15, 0.2) is 0 Å². The summed E-state index contributed by atoms with van der Waals surface area (Å²) >= 11 is 4.71. The lowest BCUT2D eigenvalue weighted by Crippen LogP contribution is -2.23. The van der Waals surface area contributed by atoms with Crippen LogP contribution in [0.25, 0.3) is 0 Å². The van der Waals surface area contributed by atoms with Crippen molar-refractivity contribution in [1.29, 1.82) is 0 Å². The van der Waals surface area contributed by atoms with Crippen molar-refractivity contribution in [2.45, 2.75) is 32.1 Å². The van der Waals surface area contributed by atoms with Crippen LogP contribution in [0.15, 0.2) is 0 Å². The highest BCUT2D eigenvalue weighted by Gasteiger charge is 1.99. The van der Waals surface area contributed by atoms with Crippen molar-refractivity contribution in [2.75, 3.05) is 26.3 Å². The van der Waals surface area contributed by atoms with Crippen LogP contribution in [0.4, 0.5) is 0 Å². The van der Waals surface area contributed by atoms with Crippen LogP contribution < -0.4 is 10.5 Å². The molecule has 2 unspecified atom stereocenters. The topological polar surface area (TPSA) is 33.3 Å². The second-order valence-electron chi connectivity index (χ2n) is 4.09. The standard InChI is InChI=1S/C9H24B2I2N2OP2/c12-10(17)14-6-2-1-4-8-16-9-5-3-7-15-11(13)18/h14-15H,1-9,17-18H2. The van der Waals surface area contributed by atoms with Crippen LogP contribution >= 0.6 is 63.0 Å². The van der Waals surface area contributed by atoms with Crippen LogP contribution in [0.2, 0.25) is 0 Å². The predicted octanol–water partition coefficient (Wildman–Crippen LogP) is 2.72. The van der Waals surface area contributed by atoms with E-state index in [9.17, 15) is 0 Å². The number of hydrogen-bond acceptors (Lipinski definition) is 3. The first-order chi connectivity index (χ1) is 8.63. The zero-order valence-corrected chi connectivity index (χ0v) is 17.5. The Morgan fingerprint density at radius 3 is 1.72 bits per heavy atom. The van der Waals surface area contributed by atoms with Gasteiger partial charge in [0.25, 0.3) is 0 Å². The zero-order valence-electron chi connectivity index (χ0n) is 10.8. The van der Waals surface area contributed by atoms with Gasteiger partial charge in [0.05, 0.1) is 0 Å². The van der Waals surface area contributed by atoms with Gasteiger partial charge in [0, 0.05) is 13.2 Å². The lowest BCUT2D eigenvalue weighted by atomic mass is 10.2. The van der Waals surface area contributed by atoms with Crippen molar-refractivity contribution in [2.24, 2.45) is 0 Å². The Morgan fingerprint density at radius 1 is 0.778 bits per heavy atom. The summed E-state index contributed by atoms with van der Waals surface area (Å²) in [5.74, 6) is 0. The minimum Gasteiger partial charge on any atom is -0.381 e. The van der Waals surface area contributed by atoms with Gasteiger partial charge in [0.1, 0.15) is 0 Å². The van der Waals surface area contributed by atoms with Crippen molar-refractivity contribution in [3.05, 3.63) is 0 Å². The Labute approximate surface area is 144 Å². The smallest absolute Gasteiger partial charge is 0.316 e. The highest BCUT2D eigenvalue weighted by Crippen LogP contribution is 2.01. The third-order valence-electron chi connectivity index (χ3n) is 2.36. The van der Waals surface area contributed by atoms with Gasteiger partial charge in [-0.3, -0.25) is 0 Å². The van der Waals surface area contributed by atoms with E-state index in [2.05, 4.69) is 73.4 Å². The number of rotatable bonds is 13. The first-order valence-electron chi connectivity index (χ1n) is 6.46. The summed E-state index contributed by atoms with van der Waals surface area (Å²) in [7, 11) is 5.48. The van der Waals surface area contributed by atoms with E-state index in [1.807, 2.05) is 0 Å². The summed E-state index contributed by atoms with van der Waals surface area (Å²) in [5.41, 5.74) is 0. The monoisotopic (exact) mass is 514 g/mol. The van der Waals surface area contributed by atoms with Crippen LogP contribution in [0.1, 0.15) is 32.1 Å². The first-order valence-corrected chi connectivity index (χ1v) is 10.3. The maximum absolute atomic E-state index is 5.61. The summed E-state index contributed by atoms with van der Waals surface area (Å²) in [6.45, 7) is 4.01. The summed E-state index contributed by atoms with van der Waals surface area (Å²) < 4.78 is 6.59. The van der Waals surface area contributed by atoms with Gasteiger partial charge in [-0.15, -0.1) is 63.0 Å². The van der Waals surface area contributed by atoms with E-state index in [0.717, 1.165) is 32.7 Å². The van der Waals surface area contributed by atoms with E-state index in [0.29, 0.717) is 8.85 Å². The van der Waals surface area contributed by atoms with E-state index in [4.69, 9.17) is 4.74 Å². The molecule has 9 heteroatoms. The Bertz CT molecular complexity index is 167. The molecular weight excluding hydrogens is 489 g/mol. The summed E-state index contributed by atoms with van der Waals surface area (Å²) in [4.78, 5) is 0. The molecule has 0 radical (unpaired) electrons.